The third kappa shape index (κ3) is 2.23. The van der Waals surface area contributed by atoms with Crippen molar-refractivity contribution in [2.24, 2.45) is 0 Å². The number of hydrogen-bond acceptors (Lipinski definition) is 2. The standard InChI is InChI=1S/C12H11BrO2/c1-14-11-4-2-9(3-5-11)12(13)10-6-7-15-8-10/h2-8,12H,1H3. The number of benzene rings is 1. The highest BCUT2D eigenvalue weighted by Gasteiger charge is 2.10. The Kier molecular flexibility index (Phi) is 3.11. The Balaban J connectivity index is 2.22. The van der Waals surface area contributed by atoms with Crippen LogP contribution in [0, 0.1) is 0 Å². The smallest absolute Gasteiger partial charge is 0.118 e. The van der Waals surface area contributed by atoms with Gasteiger partial charge in [0.05, 0.1) is 24.5 Å². The van der Waals surface area contributed by atoms with Crippen LogP contribution < -0.4 is 4.74 Å². The van der Waals surface area contributed by atoms with E-state index in [1.807, 2.05) is 30.3 Å². The molecule has 3 heteroatoms. The zero-order chi connectivity index (χ0) is 10.7. The SMILES string of the molecule is COc1ccc(C(Br)c2ccoc2)cc1. The lowest BCUT2D eigenvalue weighted by Gasteiger charge is -2.08. The predicted molar refractivity (Wildman–Crippen MR) is 62.5 cm³/mol. The van der Waals surface area contributed by atoms with Crippen LogP contribution in [0.1, 0.15) is 16.0 Å². The number of methoxy groups -OCH3 is 1. The predicted octanol–water partition coefficient (Wildman–Crippen LogP) is 3.77. The number of halogens is 1. The molecule has 0 bridgehead atoms. The molecule has 0 N–H and O–H groups in total. The van der Waals surface area contributed by atoms with E-state index in [2.05, 4.69) is 15.9 Å². The van der Waals surface area contributed by atoms with Crippen molar-refractivity contribution in [1.82, 2.24) is 0 Å². The molecule has 1 aromatic carbocycles. The summed E-state index contributed by atoms with van der Waals surface area (Å²) in [6.45, 7) is 0. The van der Waals surface area contributed by atoms with Gasteiger partial charge in [-0.2, -0.15) is 0 Å². The molecule has 1 aromatic heterocycles. The molecule has 2 nitrogen and oxygen atoms in total. The molecule has 0 saturated carbocycles. The maximum atomic E-state index is 5.11. The molecule has 0 radical (unpaired) electrons. The minimum atomic E-state index is 0.169. The molecule has 0 aliphatic carbocycles. The van der Waals surface area contributed by atoms with Crippen LogP contribution in [-0.4, -0.2) is 7.11 Å². The molecule has 1 unspecified atom stereocenters. The fourth-order valence-electron chi connectivity index (χ4n) is 1.38. The van der Waals surface area contributed by atoms with Gasteiger partial charge in [-0.05, 0) is 23.8 Å². The van der Waals surface area contributed by atoms with E-state index in [0.29, 0.717) is 0 Å². The van der Waals surface area contributed by atoms with Gasteiger partial charge in [0.25, 0.3) is 0 Å². The van der Waals surface area contributed by atoms with Gasteiger partial charge in [0.15, 0.2) is 0 Å². The van der Waals surface area contributed by atoms with E-state index in [1.54, 1.807) is 19.6 Å². The number of rotatable bonds is 3. The summed E-state index contributed by atoms with van der Waals surface area (Å²) >= 11 is 3.62. The number of ether oxygens (including phenoxy) is 1. The number of alkyl halides is 1. The average molecular weight is 267 g/mol. The van der Waals surface area contributed by atoms with E-state index in [9.17, 15) is 0 Å². The van der Waals surface area contributed by atoms with Crippen molar-refractivity contribution in [3.05, 3.63) is 54.0 Å². The van der Waals surface area contributed by atoms with Crippen molar-refractivity contribution in [2.45, 2.75) is 4.83 Å². The van der Waals surface area contributed by atoms with Crippen molar-refractivity contribution in [3.63, 3.8) is 0 Å². The molecule has 78 valence electrons. The normalized spacial score (nSPS) is 12.4. The van der Waals surface area contributed by atoms with Gasteiger partial charge in [0.2, 0.25) is 0 Å². The van der Waals surface area contributed by atoms with Crippen LogP contribution >= 0.6 is 15.9 Å². The molecular weight excluding hydrogens is 256 g/mol. The Morgan fingerprint density at radius 3 is 2.40 bits per heavy atom. The molecule has 1 heterocycles. The van der Waals surface area contributed by atoms with Crippen molar-refractivity contribution in [2.75, 3.05) is 7.11 Å². The molecule has 1 atom stereocenters. The fourth-order valence-corrected chi connectivity index (χ4v) is 1.95. The quantitative estimate of drug-likeness (QED) is 0.790. The van der Waals surface area contributed by atoms with Gasteiger partial charge in [-0.1, -0.05) is 28.1 Å². The molecule has 15 heavy (non-hydrogen) atoms. The van der Waals surface area contributed by atoms with Crippen molar-refractivity contribution in [1.29, 1.82) is 0 Å². The highest BCUT2D eigenvalue weighted by atomic mass is 79.9. The molecule has 0 aliphatic heterocycles. The highest BCUT2D eigenvalue weighted by molar-refractivity contribution is 9.09. The van der Waals surface area contributed by atoms with Crippen LogP contribution in [0.3, 0.4) is 0 Å². The first-order valence-electron chi connectivity index (χ1n) is 4.61. The van der Waals surface area contributed by atoms with Crippen LogP contribution in [-0.2, 0) is 0 Å². The molecular formula is C12H11BrO2. The Hall–Kier alpha value is -1.22. The van der Waals surface area contributed by atoms with Crippen molar-refractivity contribution < 1.29 is 9.15 Å². The third-order valence-electron chi connectivity index (χ3n) is 2.24. The summed E-state index contributed by atoms with van der Waals surface area (Å²) in [6.07, 6.45) is 3.41. The maximum absolute atomic E-state index is 5.11. The molecule has 0 aliphatic rings. The van der Waals surface area contributed by atoms with Crippen molar-refractivity contribution in [3.8, 4) is 5.75 Å². The van der Waals surface area contributed by atoms with E-state index in [4.69, 9.17) is 9.15 Å². The fraction of sp³-hybridized carbons (Fsp3) is 0.167. The summed E-state index contributed by atoms with van der Waals surface area (Å²) < 4.78 is 10.2. The number of hydrogen-bond donors (Lipinski definition) is 0. The largest absolute Gasteiger partial charge is 0.497 e. The van der Waals surface area contributed by atoms with Gasteiger partial charge in [0, 0.05) is 5.56 Å². The van der Waals surface area contributed by atoms with E-state index >= 15 is 0 Å². The molecule has 0 amide bonds. The maximum Gasteiger partial charge on any atom is 0.118 e. The molecule has 2 rings (SSSR count). The lowest BCUT2D eigenvalue weighted by Crippen LogP contribution is -1.90. The molecule has 0 saturated heterocycles. The molecule has 0 fully saturated rings. The second-order valence-corrected chi connectivity index (χ2v) is 4.11. The van der Waals surface area contributed by atoms with Gasteiger partial charge in [-0.3, -0.25) is 0 Å². The highest BCUT2D eigenvalue weighted by Crippen LogP contribution is 2.31. The zero-order valence-electron chi connectivity index (χ0n) is 8.31. The summed E-state index contributed by atoms with van der Waals surface area (Å²) in [5, 5.41) is 0. The minimum Gasteiger partial charge on any atom is -0.497 e. The van der Waals surface area contributed by atoms with Crippen LogP contribution in [0.4, 0.5) is 0 Å². The Bertz CT molecular complexity index is 406. The van der Waals surface area contributed by atoms with Crippen LogP contribution in [0.25, 0.3) is 0 Å². The summed E-state index contributed by atoms with van der Waals surface area (Å²) in [7, 11) is 1.66. The van der Waals surface area contributed by atoms with Gasteiger partial charge < -0.3 is 9.15 Å². The Morgan fingerprint density at radius 2 is 1.87 bits per heavy atom. The van der Waals surface area contributed by atoms with E-state index in [-0.39, 0.29) is 4.83 Å². The third-order valence-corrected chi connectivity index (χ3v) is 3.30. The van der Waals surface area contributed by atoms with Gasteiger partial charge in [-0.25, -0.2) is 0 Å². The first-order valence-corrected chi connectivity index (χ1v) is 5.53. The van der Waals surface area contributed by atoms with Crippen LogP contribution in [0.2, 0.25) is 0 Å². The second-order valence-electron chi connectivity index (χ2n) is 3.19. The molecule has 0 spiro atoms. The first-order chi connectivity index (χ1) is 7.31. The van der Waals surface area contributed by atoms with Crippen molar-refractivity contribution >= 4 is 15.9 Å². The summed E-state index contributed by atoms with van der Waals surface area (Å²) in [5.74, 6) is 0.866. The second kappa shape index (κ2) is 4.53. The van der Waals surface area contributed by atoms with E-state index < -0.39 is 0 Å². The Morgan fingerprint density at radius 1 is 1.13 bits per heavy atom. The monoisotopic (exact) mass is 266 g/mol. The van der Waals surface area contributed by atoms with Crippen LogP contribution in [0.5, 0.6) is 5.75 Å². The number of furan rings is 1. The minimum absolute atomic E-state index is 0.169. The van der Waals surface area contributed by atoms with Gasteiger partial charge in [0.1, 0.15) is 5.75 Å². The Labute approximate surface area is 97.0 Å². The van der Waals surface area contributed by atoms with E-state index in [1.165, 1.54) is 5.56 Å². The average Bonchev–Trinajstić information content (AvgIpc) is 2.82. The van der Waals surface area contributed by atoms with E-state index in [0.717, 1.165) is 11.3 Å². The summed E-state index contributed by atoms with van der Waals surface area (Å²) in [6, 6.07) is 9.91. The lowest BCUT2D eigenvalue weighted by atomic mass is 10.1. The summed E-state index contributed by atoms with van der Waals surface area (Å²) in [4.78, 5) is 0.169. The zero-order valence-corrected chi connectivity index (χ0v) is 9.90. The summed E-state index contributed by atoms with van der Waals surface area (Å²) in [5.41, 5.74) is 2.29. The lowest BCUT2D eigenvalue weighted by molar-refractivity contribution is 0.414. The first kappa shape index (κ1) is 10.3. The molecule has 2 aromatic rings. The van der Waals surface area contributed by atoms with Crippen LogP contribution in [0.15, 0.2) is 47.3 Å². The van der Waals surface area contributed by atoms with Gasteiger partial charge in [-0.15, -0.1) is 0 Å². The topological polar surface area (TPSA) is 22.4 Å². The van der Waals surface area contributed by atoms with Gasteiger partial charge >= 0.3 is 0 Å².